The molecule has 0 amide bonds. The van der Waals surface area contributed by atoms with E-state index >= 15 is 0 Å². The fraction of sp³-hybridized carbons (Fsp3) is 0.517. The smallest absolute Gasteiger partial charge is 0.0493 e. The largest absolute Gasteiger partial charge is 0.340 e. The first-order chi connectivity index (χ1) is 15.3. The van der Waals surface area contributed by atoms with Crippen molar-refractivity contribution in [2.24, 2.45) is 16.7 Å². The van der Waals surface area contributed by atoms with Crippen LogP contribution in [0.1, 0.15) is 69.2 Å². The Morgan fingerprint density at radius 1 is 0.938 bits per heavy atom. The van der Waals surface area contributed by atoms with Crippen molar-refractivity contribution in [1.29, 1.82) is 0 Å². The molecule has 1 N–H and O–H groups in total. The molecule has 4 aliphatic carbocycles. The standard InChI is InChI=1S/C29H35ClN2/c1-20-24(15-31-29-14-21-12-27(2,18-29)17-28(3,13-21)19-29)23-9-5-7-11-26(23)32(20)16-22-8-4-6-10-25(22)30/h4-11,21,31H,12-19H2,1-3H3/t21?,27-,28+,29?. The Kier molecular flexibility index (Phi) is 4.63. The highest BCUT2D eigenvalue weighted by Gasteiger charge is 2.59. The molecule has 2 aromatic carbocycles. The van der Waals surface area contributed by atoms with Gasteiger partial charge in [-0.05, 0) is 85.5 Å². The van der Waals surface area contributed by atoms with Crippen LogP contribution in [-0.4, -0.2) is 10.1 Å². The van der Waals surface area contributed by atoms with Crippen molar-refractivity contribution in [3.63, 3.8) is 0 Å². The third kappa shape index (κ3) is 3.33. The summed E-state index contributed by atoms with van der Waals surface area (Å²) in [6.07, 6.45) is 8.39. The third-order valence-corrected chi connectivity index (χ3v) is 9.28. The highest BCUT2D eigenvalue weighted by Crippen LogP contribution is 2.66. The van der Waals surface area contributed by atoms with E-state index in [9.17, 15) is 0 Å². The van der Waals surface area contributed by atoms with Gasteiger partial charge in [0.25, 0.3) is 0 Å². The molecule has 2 nitrogen and oxygen atoms in total. The topological polar surface area (TPSA) is 17.0 Å². The minimum absolute atomic E-state index is 0.321. The summed E-state index contributed by atoms with van der Waals surface area (Å²) in [5.74, 6) is 0.913. The van der Waals surface area contributed by atoms with Crippen molar-refractivity contribution in [1.82, 2.24) is 9.88 Å². The van der Waals surface area contributed by atoms with E-state index in [-0.39, 0.29) is 0 Å². The van der Waals surface area contributed by atoms with Gasteiger partial charge in [-0.3, -0.25) is 0 Å². The van der Waals surface area contributed by atoms with Gasteiger partial charge in [0.05, 0.1) is 0 Å². The number of nitrogens with zero attached hydrogens (tertiary/aromatic N) is 1. The summed E-state index contributed by atoms with van der Waals surface area (Å²) in [7, 11) is 0. The number of fused-ring (bicyclic) bond motifs is 1. The summed E-state index contributed by atoms with van der Waals surface area (Å²) >= 11 is 6.52. The number of rotatable bonds is 5. The van der Waals surface area contributed by atoms with Crippen molar-refractivity contribution in [2.45, 2.75) is 77.9 Å². The van der Waals surface area contributed by atoms with E-state index in [1.54, 1.807) is 0 Å². The maximum Gasteiger partial charge on any atom is 0.0493 e. The second-order valence-corrected chi connectivity index (χ2v) is 12.4. The molecular weight excluding hydrogens is 412 g/mol. The van der Waals surface area contributed by atoms with Gasteiger partial charge in [-0.1, -0.05) is 61.8 Å². The Morgan fingerprint density at radius 3 is 2.34 bits per heavy atom. The average Bonchev–Trinajstić information content (AvgIpc) is 2.97. The molecule has 4 aliphatic rings. The fourth-order valence-corrected chi connectivity index (χ4v) is 8.84. The molecule has 3 aromatic rings. The van der Waals surface area contributed by atoms with Crippen molar-refractivity contribution in [2.75, 3.05) is 0 Å². The number of hydrogen-bond donors (Lipinski definition) is 1. The first-order valence-electron chi connectivity index (χ1n) is 12.3. The summed E-state index contributed by atoms with van der Waals surface area (Å²) in [6, 6.07) is 17.1. The van der Waals surface area contributed by atoms with Crippen LogP contribution in [0.5, 0.6) is 0 Å². The second kappa shape index (κ2) is 7.11. The van der Waals surface area contributed by atoms with Gasteiger partial charge in [-0.25, -0.2) is 0 Å². The molecule has 7 rings (SSSR count). The van der Waals surface area contributed by atoms with Gasteiger partial charge in [-0.15, -0.1) is 0 Å². The number of halogens is 1. The van der Waals surface area contributed by atoms with Crippen LogP contribution in [0.2, 0.25) is 5.02 Å². The van der Waals surface area contributed by atoms with Gasteiger partial charge in [0.15, 0.2) is 0 Å². The molecule has 2 unspecified atom stereocenters. The van der Waals surface area contributed by atoms with Gasteiger partial charge >= 0.3 is 0 Å². The summed E-state index contributed by atoms with van der Waals surface area (Å²) in [5, 5.41) is 6.40. The van der Waals surface area contributed by atoms with Gasteiger partial charge in [-0.2, -0.15) is 0 Å². The zero-order chi connectivity index (χ0) is 22.1. The van der Waals surface area contributed by atoms with Crippen LogP contribution >= 0.6 is 11.6 Å². The summed E-state index contributed by atoms with van der Waals surface area (Å²) in [6.45, 7) is 9.19. The predicted molar refractivity (Wildman–Crippen MR) is 134 cm³/mol. The predicted octanol–water partition coefficient (Wildman–Crippen LogP) is 7.49. The first kappa shape index (κ1) is 20.8. The number of para-hydroxylation sites is 1. The SMILES string of the molecule is Cc1c(CNC23CC4C[C@@](C)(C2)C[C@](C)(C4)C3)c2ccccc2n1Cc1ccccc1Cl. The van der Waals surface area contributed by atoms with Crippen molar-refractivity contribution < 1.29 is 0 Å². The Labute approximate surface area is 197 Å². The lowest BCUT2D eigenvalue weighted by molar-refractivity contribution is -0.118. The van der Waals surface area contributed by atoms with Crippen LogP contribution in [0.25, 0.3) is 10.9 Å². The average molecular weight is 447 g/mol. The maximum atomic E-state index is 6.52. The molecule has 4 bridgehead atoms. The van der Waals surface area contributed by atoms with Crippen LogP contribution in [0.3, 0.4) is 0 Å². The van der Waals surface area contributed by atoms with Crippen LogP contribution in [-0.2, 0) is 13.1 Å². The Hall–Kier alpha value is -1.77. The molecule has 0 radical (unpaired) electrons. The zero-order valence-electron chi connectivity index (χ0n) is 19.7. The molecule has 1 aromatic heterocycles. The molecule has 0 saturated heterocycles. The molecule has 32 heavy (non-hydrogen) atoms. The zero-order valence-corrected chi connectivity index (χ0v) is 20.4. The number of nitrogens with one attached hydrogen (secondary N) is 1. The van der Waals surface area contributed by atoms with Crippen LogP contribution in [0, 0.1) is 23.7 Å². The monoisotopic (exact) mass is 446 g/mol. The van der Waals surface area contributed by atoms with E-state index in [0.717, 1.165) is 24.0 Å². The normalized spacial score (nSPS) is 33.3. The van der Waals surface area contributed by atoms with E-state index < -0.39 is 0 Å². The van der Waals surface area contributed by atoms with E-state index in [1.165, 1.54) is 66.2 Å². The lowest BCUT2D eigenvalue weighted by atomic mass is 9.43. The molecule has 4 atom stereocenters. The summed E-state index contributed by atoms with van der Waals surface area (Å²) in [4.78, 5) is 0. The first-order valence-corrected chi connectivity index (χ1v) is 12.7. The van der Waals surface area contributed by atoms with Gasteiger partial charge in [0.1, 0.15) is 0 Å². The van der Waals surface area contributed by atoms with Crippen LogP contribution in [0.15, 0.2) is 48.5 Å². The molecule has 168 valence electrons. The summed E-state index contributed by atoms with van der Waals surface area (Å²) in [5.41, 5.74) is 6.70. The number of hydrogen-bond acceptors (Lipinski definition) is 1. The summed E-state index contributed by atoms with van der Waals surface area (Å²) < 4.78 is 2.45. The number of benzene rings is 2. The maximum absolute atomic E-state index is 6.52. The Morgan fingerprint density at radius 2 is 1.62 bits per heavy atom. The van der Waals surface area contributed by atoms with E-state index in [2.05, 4.69) is 67.1 Å². The molecule has 4 fully saturated rings. The minimum atomic E-state index is 0.321. The Bertz CT molecular complexity index is 1170. The molecule has 0 spiro atoms. The van der Waals surface area contributed by atoms with Gasteiger partial charge < -0.3 is 9.88 Å². The lowest BCUT2D eigenvalue weighted by Crippen LogP contribution is -2.63. The van der Waals surface area contributed by atoms with Gasteiger partial charge in [0.2, 0.25) is 0 Å². The molecule has 3 heteroatoms. The molecule has 1 heterocycles. The second-order valence-electron chi connectivity index (χ2n) is 12.0. The van der Waals surface area contributed by atoms with Crippen LogP contribution in [0.4, 0.5) is 0 Å². The third-order valence-electron chi connectivity index (χ3n) is 8.91. The minimum Gasteiger partial charge on any atom is -0.340 e. The van der Waals surface area contributed by atoms with Crippen molar-refractivity contribution in [3.05, 3.63) is 70.4 Å². The fourth-order valence-electron chi connectivity index (χ4n) is 8.65. The quantitative estimate of drug-likeness (QED) is 0.429. The lowest BCUT2D eigenvalue weighted by Gasteiger charge is -2.65. The van der Waals surface area contributed by atoms with Crippen molar-refractivity contribution in [3.8, 4) is 0 Å². The molecule has 4 saturated carbocycles. The van der Waals surface area contributed by atoms with Crippen LogP contribution < -0.4 is 5.32 Å². The highest BCUT2D eigenvalue weighted by molar-refractivity contribution is 6.31. The van der Waals surface area contributed by atoms with Gasteiger partial charge in [0, 0.05) is 40.2 Å². The van der Waals surface area contributed by atoms with E-state index in [0.29, 0.717) is 16.4 Å². The molecule has 0 aliphatic heterocycles. The molecular formula is C29H35ClN2. The highest BCUT2D eigenvalue weighted by atomic mass is 35.5. The number of aromatic nitrogens is 1. The van der Waals surface area contributed by atoms with E-state index in [4.69, 9.17) is 11.6 Å². The van der Waals surface area contributed by atoms with E-state index in [1.807, 2.05) is 12.1 Å². The van der Waals surface area contributed by atoms with Crippen molar-refractivity contribution >= 4 is 22.5 Å². The Balaban J connectivity index is 1.33.